The fourth-order valence-electron chi connectivity index (χ4n) is 2.20. The van der Waals surface area contributed by atoms with Crippen LogP contribution in [0.4, 0.5) is 0 Å². The van der Waals surface area contributed by atoms with Gasteiger partial charge in [-0.25, -0.2) is 0 Å². The van der Waals surface area contributed by atoms with Gasteiger partial charge in [-0.2, -0.15) is 0 Å². The van der Waals surface area contributed by atoms with E-state index in [1.54, 1.807) is 12.0 Å². The lowest BCUT2D eigenvalue weighted by atomic mass is 10.0. The highest BCUT2D eigenvalue weighted by molar-refractivity contribution is 5.94. The van der Waals surface area contributed by atoms with Crippen LogP contribution < -0.4 is 0 Å². The van der Waals surface area contributed by atoms with Crippen molar-refractivity contribution in [2.24, 2.45) is 0 Å². The number of rotatable bonds is 6. The number of ether oxygens (including phenoxy) is 1. The largest absolute Gasteiger partial charge is 0.385 e. The third-order valence-electron chi connectivity index (χ3n) is 3.43. The maximum Gasteiger partial charge on any atom is 0.253 e. The van der Waals surface area contributed by atoms with Gasteiger partial charge in [0.25, 0.3) is 5.91 Å². The Bertz CT molecular complexity index is 564. The van der Waals surface area contributed by atoms with Gasteiger partial charge in [0.05, 0.1) is 0 Å². The second-order valence-electron chi connectivity index (χ2n) is 5.02. The molecular formula is C18H21NO2. The number of amides is 1. The molecule has 0 heterocycles. The molecule has 0 aromatic heterocycles. The Hall–Kier alpha value is -2.13. The van der Waals surface area contributed by atoms with E-state index in [0.29, 0.717) is 13.2 Å². The standard InChI is InChI=1S/C18H21NO2/c1-19(13-6-14-21-2)18(20)17-11-9-16(10-12-17)15-7-4-3-5-8-15/h3-5,7-12H,6,13-14H2,1-2H3. The van der Waals surface area contributed by atoms with Gasteiger partial charge in [0.15, 0.2) is 0 Å². The number of carbonyl (C=O) groups excluding carboxylic acids is 1. The summed E-state index contributed by atoms with van der Waals surface area (Å²) in [4.78, 5) is 14.0. The minimum Gasteiger partial charge on any atom is -0.385 e. The molecule has 3 heteroatoms. The van der Waals surface area contributed by atoms with Crippen LogP contribution in [0.25, 0.3) is 11.1 Å². The minimum atomic E-state index is 0.0470. The molecule has 3 nitrogen and oxygen atoms in total. The fourth-order valence-corrected chi connectivity index (χ4v) is 2.20. The molecule has 0 aliphatic carbocycles. The summed E-state index contributed by atoms with van der Waals surface area (Å²) in [6.45, 7) is 1.37. The second kappa shape index (κ2) is 7.60. The first kappa shape index (κ1) is 15.3. The van der Waals surface area contributed by atoms with E-state index in [1.807, 2.05) is 49.5 Å². The Kier molecular flexibility index (Phi) is 5.52. The van der Waals surface area contributed by atoms with Gasteiger partial charge in [0, 0.05) is 32.9 Å². The van der Waals surface area contributed by atoms with Crippen molar-refractivity contribution in [2.45, 2.75) is 6.42 Å². The van der Waals surface area contributed by atoms with Crippen molar-refractivity contribution in [1.29, 1.82) is 0 Å². The first-order chi connectivity index (χ1) is 10.2. The molecule has 0 fully saturated rings. The topological polar surface area (TPSA) is 29.5 Å². The summed E-state index contributed by atoms with van der Waals surface area (Å²) < 4.78 is 5.00. The zero-order valence-corrected chi connectivity index (χ0v) is 12.6. The molecule has 0 radical (unpaired) electrons. The van der Waals surface area contributed by atoms with E-state index in [4.69, 9.17) is 4.74 Å². The van der Waals surface area contributed by atoms with E-state index in [-0.39, 0.29) is 5.91 Å². The summed E-state index contributed by atoms with van der Waals surface area (Å²) in [5.41, 5.74) is 2.99. The van der Waals surface area contributed by atoms with Gasteiger partial charge >= 0.3 is 0 Å². The molecule has 0 aliphatic heterocycles. The zero-order valence-electron chi connectivity index (χ0n) is 12.6. The predicted octanol–water partition coefficient (Wildman–Crippen LogP) is 3.46. The second-order valence-corrected chi connectivity index (χ2v) is 5.02. The lowest BCUT2D eigenvalue weighted by Crippen LogP contribution is -2.28. The van der Waals surface area contributed by atoms with Crippen molar-refractivity contribution in [3.8, 4) is 11.1 Å². The van der Waals surface area contributed by atoms with Crippen LogP contribution >= 0.6 is 0 Å². The average Bonchev–Trinajstić information content (AvgIpc) is 2.55. The van der Waals surface area contributed by atoms with Gasteiger partial charge < -0.3 is 9.64 Å². The third-order valence-corrected chi connectivity index (χ3v) is 3.43. The van der Waals surface area contributed by atoms with Crippen molar-refractivity contribution >= 4 is 5.91 Å². The van der Waals surface area contributed by atoms with Crippen LogP contribution in [0.15, 0.2) is 54.6 Å². The minimum absolute atomic E-state index is 0.0470. The van der Waals surface area contributed by atoms with Crippen molar-refractivity contribution in [1.82, 2.24) is 4.90 Å². The molecule has 0 aliphatic rings. The molecule has 21 heavy (non-hydrogen) atoms. The Labute approximate surface area is 126 Å². The molecule has 1 amide bonds. The van der Waals surface area contributed by atoms with Crippen molar-refractivity contribution < 1.29 is 9.53 Å². The average molecular weight is 283 g/mol. The van der Waals surface area contributed by atoms with Crippen molar-refractivity contribution in [3.05, 3.63) is 60.2 Å². The molecule has 0 N–H and O–H groups in total. The van der Waals surface area contributed by atoms with Crippen LogP contribution in [-0.2, 0) is 4.74 Å². The highest BCUT2D eigenvalue weighted by atomic mass is 16.5. The van der Waals surface area contributed by atoms with Crippen LogP contribution in [0.1, 0.15) is 16.8 Å². The van der Waals surface area contributed by atoms with Crippen molar-refractivity contribution in [2.75, 3.05) is 27.3 Å². The molecule has 0 unspecified atom stereocenters. The summed E-state index contributed by atoms with van der Waals surface area (Å²) in [6.07, 6.45) is 0.848. The Morgan fingerprint density at radius 3 is 2.24 bits per heavy atom. The zero-order chi connectivity index (χ0) is 15.1. The van der Waals surface area contributed by atoms with E-state index in [2.05, 4.69) is 12.1 Å². The molecule has 0 saturated carbocycles. The number of carbonyl (C=O) groups is 1. The third kappa shape index (κ3) is 4.17. The summed E-state index contributed by atoms with van der Waals surface area (Å²) in [7, 11) is 3.49. The Morgan fingerprint density at radius 1 is 1.00 bits per heavy atom. The van der Waals surface area contributed by atoms with Crippen LogP contribution in [0.3, 0.4) is 0 Å². The van der Waals surface area contributed by atoms with E-state index in [1.165, 1.54) is 0 Å². The van der Waals surface area contributed by atoms with Crippen LogP contribution in [0.2, 0.25) is 0 Å². The van der Waals surface area contributed by atoms with Gasteiger partial charge in [-0.1, -0.05) is 42.5 Å². The van der Waals surface area contributed by atoms with Crippen LogP contribution in [0, 0.1) is 0 Å². The number of hydrogen-bond acceptors (Lipinski definition) is 2. The summed E-state index contributed by atoms with van der Waals surface area (Å²) in [5, 5.41) is 0. The number of nitrogens with zero attached hydrogens (tertiary/aromatic N) is 1. The van der Waals surface area contributed by atoms with E-state index >= 15 is 0 Å². The van der Waals surface area contributed by atoms with Gasteiger partial charge in [-0.3, -0.25) is 4.79 Å². The molecule has 2 rings (SSSR count). The summed E-state index contributed by atoms with van der Waals surface area (Å²) in [5.74, 6) is 0.0470. The van der Waals surface area contributed by atoms with E-state index < -0.39 is 0 Å². The maximum absolute atomic E-state index is 12.3. The summed E-state index contributed by atoms with van der Waals surface area (Å²) in [6, 6.07) is 17.9. The first-order valence-corrected chi connectivity index (χ1v) is 7.12. The molecule has 0 spiro atoms. The van der Waals surface area contributed by atoms with Gasteiger partial charge in [0.1, 0.15) is 0 Å². The van der Waals surface area contributed by atoms with Crippen molar-refractivity contribution in [3.63, 3.8) is 0 Å². The SMILES string of the molecule is COCCCN(C)C(=O)c1ccc(-c2ccccc2)cc1. The number of hydrogen-bond donors (Lipinski definition) is 0. The van der Waals surface area contributed by atoms with Gasteiger partial charge in [-0.15, -0.1) is 0 Å². The molecule has 110 valence electrons. The first-order valence-electron chi connectivity index (χ1n) is 7.12. The lowest BCUT2D eigenvalue weighted by Gasteiger charge is -2.17. The molecule has 2 aromatic rings. The highest BCUT2D eigenvalue weighted by Gasteiger charge is 2.11. The Morgan fingerprint density at radius 2 is 1.62 bits per heavy atom. The highest BCUT2D eigenvalue weighted by Crippen LogP contribution is 2.19. The predicted molar refractivity (Wildman–Crippen MR) is 85.3 cm³/mol. The molecule has 0 atom stereocenters. The van der Waals surface area contributed by atoms with E-state index in [9.17, 15) is 4.79 Å². The normalized spacial score (nSPS) is 10.4. The monoisotopic (exact) mass is 283 g/mol. The van der Waals surface area contributed by atoms with Gasteiger partial charge in [-0.05, 0) is 29.7 Å². The van der Waals surface area contributed by atoms with E-state index in [0.717, 1.165) is 23.1 Å². The Balaban J connectivity index is 2.03. The van der Waals surface area contributed by atoms with Crippen LogP contribution in [0.5, 0.6) is 0 Å². The smallest absolute Gasteiger partial charge is 0.253 e. The lowest BCUT2D eigenvalue weighted by molar-refractivity contribution is 0.0779. The fraction of sp³-hybridized carbons (Fsp3) is 0.278. The maximum atomic E-state index is 12.3. The summed E-state index contributed by atoms with van der Waals surface area (Å²) >= 11 is 0. The molecule has 0 bridgehead atoms. The number of benzene rings is 2. The quantitative estimate of drug-likeness (QED) is 0.760. The van der Waals surface area contributed by atoms with Gasteiger partial charge in [0.2, 0.25) is 0 Å². The number of methoxy groups -OCH3 is 1. The van der Waals surface area contributed by atoms with Crippen LogP contribution in [-0.4, -0.2) is 38.1 Å². The molecule has 2 aromatic carbocycles. The molecule has 0 saturated heterocycles. The molecular weight excluding hydrogens is 262 g/mol.